The summed E-state index contributed by atoms with van der Waals surface area (Å²) >= 11 is 0. The molecule has 1 aromatic heterocycles. The Morgan fingerprint density at radius 1 is 1.35 bits per heavy atom. The number of ketones is 1. The maximum Gasteiger partial charge on any atom is 0.291 e. The van der Waals surface area contributed by atoms with Crippen molar-refractivity contribution in [2.45, 2.75) is 40.2 Å². The van der Waals surface area contributed by atoms with Crippen LogP contribution in [0.15, 0.2) is 24.5 Å². The molecule has 0 aromatic carbocycles. The molecule has 20 heavy (non-hydrogen) atoms. The topological polar surface area (TPSA) is 76.3 Å². The van der Waals surface area contributed by atoms with Gasteiger partial charge < -0.3 is 10.6 Å². The van der Waals surface area contributed by atoms with Gasteiger partial charge in [0.1, 0.15) is 0 Å². The van der Waals surface area contributed by atoms with Crippen LogP contribution in [0, 0.1) is 0 Å². The summed E-state index contributed by atoms with van der Waals surface area (Å²) in [5, 5.41) is 0. The van der Waals surface area contributed by atoms with E-state index in [-0.39, 0.29) is 1.43 Å². The first-order valence-electron chi connectivity index (χ1n) is 7.07. The van der Waals surface area contributed by atoms with Crippen LogP contribution in [0.2, 0.25) is 0 Å². The van der Waals surface area contributed by atoms with Gasteiger partial charge in [0.05, 0.1) is 6.04 Å². The minimum absolute atomic E-state index is 0. The van der Waals surface area contributed by atoms with Crippen molar-refractivity contribution >= 4 is 11.7 Å². The van der Waals surface area contributed by atoms with Crippen molar-refractivity contribution in [2.24, 2.45) is 5.73 Å². The monoisotopic (exact) mass is 281 g/mol. The summed E-state index contributed by atoms with van der Waals surface area (Å²) in [6, 6.07) is 2.81. The molecule has 1 heterocycles. The van der Waals surface area contributed by atoms with E-state index in [2.05, 4.69) is 4.98 Å². The van der Waals surface area contributed by atoms with Crippen LogP contribution in [0.3, 0.4) is 0 Å². The Hall–Kier alpha value is -1.75. The molecule has 1 unspecified atom stereocenters. The smallest absolute Gasteiger partial charge is 0.291 e. The molecule has 0 aliphatic heterocycles. The van der Waals surface area contributed by atoms with Gasteiger partial charge in [-0.25, -0.2) is 0 Å². The van der Waals surface area contributed by atoms with Crippen LogP contribution in [0.25, 0.3) is 0 Å². The van der Waals surface area contributed by atoms with E-state index in [1.165, 1.54) is 4.90 Å². The molecule has 0 bridgehead atoms. The second-order valence-corrected chi connectivity index (χ2v) is 4.01. The summed E-state index contributed by atoms with van der Waals surface area (Å²) in [5.74, 6) is -1.04. The molecule has 1 amide bonds. The van der Waals surface area contributed by atoms with Crippen LogP contribution in [0.4, 0.5) is 0 Å². The van der Waals surface area contributed by atoms with Gasteiger partial charge in [0.15, 0.2) is 0 Å². The van der Waals surface area contributed by atoms with Gasteiger partial charge in [0.25, 0.3) is 5.91 Å². The van der Waals surface area contributed by atoms with Gasteiger partial charge in [0.2, 0.25) is 5.78 Å². The highest BCUT2D eigenvalue weighted by Crippen LogP contribution is 2.02. The predicted octanol–water partition coefficient (Wildman–Crippen LogP) is 1.66. The lowest BCUT2D eigenvalue weighted by molar-refractivity contribution is -0.145. The van der Waals surface area contributed by atoms with Crippen molar-refractivity contribution in [1.82, 2.24) is 9.88 Å². The molecule has 2 N–H and O–H groups in total. The number of hydrogen-bond acceptors (Lipinski definition) is 4. The van der Waals surface area contributed by atoms with Crippen LogP contribution >= 0.6 is 0 Å². The van der Waals surface area contributed by atoms with E-state index in [1.807, 2.05) is 33.8 Å². The third kappa shape index (κ3) is 5.48. The summed E-state index contributed by atoms with van der Waals surface area (Å²) in [6.07, 6.45) is 3.63. The van der Waals surface area contributed by atoms with Gasteiger partial charge in [-0.15, -0.1) is 0 Å². The number of nitrogens with zero attached hydrogens (tertiary/aromatic N) is 2. The number of rotatable bonds is 6. The maximum atomic E-state index is 11.9. The zero-order valence-corrected chi connectivity index (χ0v) is 12.8. The number of carbonyl (C=O) groups excluding carboxylic acids is 2. The Balaban J connectivity index is 0. The van der Waals surface area contributed by atoms with Gasteiger partial charge in [0, 0.05) is 26.9 Å². The largest absolute Gasteiger partial charge is 0.337 e. The fourth-order valence-electron chi connectivity index (χ4n) is 1.69. The maximum absolute atomic E-state index is 11.9. The molecule has 1 atom stereocenters. The highest BCUT2D eigenvalue weighted by Gasteiger charge is 2.25. The summed E-state index contributed by atoms with van der Waals surface area (Å²) in [5.41, 5.74) is 6.63. The molecule has 5 heteroatoms. The predicted molar refractivity (Wildman–Crippen MR) is 82.3 cm³/mol. The fourth-order valence-corrected chi connectivity index (χ4v) is 1.69. The van der Waals surface area contributed by atoms with Crippen molar-refractivity contribution in [3.05, 3.63) is 30.1 Å². The number of pyridine rings is 1. The summed E-state index contributed by atoms with van der Waals surface area (Å²) < 4.78 is 0. The molecule has 0 spiro atoms. The van der Waals surface area contributed by atoms with Crippen molar-refractivity contribution in [3.63, 3.8) is 0 Å². The Bertz CT molecular complexity index is 409. The van der Waals surface area contributed by atoms with E-state index in [9.17, 15) is 9.59 Å². The van der Waals surface area contributed by atoms with E-state index in [0.717, 1.165) is 5.56 Å². The number of hydrogen-bond donors (Lipinski definition) is 1. The quantitative estimate of drug-likeness (QED) is 0.805. The van der Waals surface area contributed by atoms with E-state index in [0.29, 0.717) is 19.5 Å². The lowest BCUT2D eigenvalue weighted by Crippen LogP contribution is -2.45. The number of likely N-dealkylation sites (N-methyl/N-ethyl adjacent to an activating group) is 1. The van der Waals surface area contributed by atoms with Crippen LogP contribution < -0.4 is 5.73 Å². The van der Waals surface area contributed by atoms with Crippen molar-refractivity contribution < 1.29 is 11.0 Å². The summed E-state index contributed by atoms with van der Waals surface area (Å²) in [6.45, 7) is 8.70. The lowest BCUT2D eigenvalue weighted by Gasteiger charge is -2.19. The Morgan fingerprint density at radius 2 is 1.95 bits per heavy atom. The highest BCUT2D eigenvalue weighted by atomic mass is 16.2. The highest BCUT2D eigenvalue weighted by molar-refractivity contribution is 6.38. The first-order chi connectivity index (χ1) is 9.60. The Labute approximate surface area is 122 Å². The van der Waals surface area contributed by atoms with Gasteiger partial charge in [-0.1, -0.05) is 19.9 Å². The van der Waals surface area contributed by atoms with Gasteiger partial charge >= 0.3 is 0 Å². The summed E-state index contributed by atoms with van der Waals surface area (Å²) in [7, 11) is 0. The number of Topliss-reactive ketones (excluding diaryl/α,β-unsaturated/α-hetero) is 1. The zero-order valence-electron chi connectivity index (χ0n) is 12.8. The van der Waals surface area contributed by atoms with Crippen LogP contribution in [0.1, 0.15) is 34.7 Å². The zero-order chi connectivity index (χ0) is 15.5. The minimum atomic E-state index is -0.803. The normalized spacial score (nSPS) is 11.1. The molecule has 1 aromatic rings. The molecule has 114 valence electrons. The molecule has 0 saturated carbocycles. The molecule has 0 aliphatic rings. The average molecular weight is 281 g/mol. The molecule has 5 nitrogen and oxygen atoms in total. The van der Waals surface area contributed by atoms with Gasteiger partial charge in [-0.3, -0.25) is 14.6 Å². The molecule has 1 rings (SSSR count). The molecule has 0 aliphatic carbocycles. The van der Waals surface area contributed by atoms with Crippen LogP contribution in [-0.4, -0.2) is 40.7 Å². The van der Waals surface area contributed by atoms with Crippen molar-refractivity contribution in [2.75, 3.05) is 13.1 Å². The second-order valence-electron chi connectivity index (χ2n) is 4.01. The van der Waals surface area contributed by atoms with Crippen LogP contribution in [0.5, 0.6) is 0 Å². The molecule has 0 radical (unpaired) electrons. The van der Waals surface area contributed by atoms with E-state index < -0.39 is 17.7 Å². The van der Waals surface area contributed by atoms with E-state index >= 15 is 0 Å². The van der Waals surface area contributed by atoms with Crippen LogP contribution in [-0.2, 0) is 16.0 Å². The van der Waals surface area contributed by atoms with E-state index in [4.69, 9.17) is 5.73 Å². The molecule has 0 saturated heterocycles. The first-order valence-corrected chi connectivity index (χ1v) is 7.07. The second kappa shape index (κ2) is 10.1. The average Bonchev–Trinajstić information content (AvgIpc) is 2.50. The van der Waals surface area contributed by atoms with Gasteiger partial charge in [-0.2, -0.15) is 0 Å². The number of amides is 1. The van der Waals surface area contributed by atoms with Crippen molar-refractivity contribution in [1.29, 1.82) is 0 Å². The fraction of sp³-hybridized carbons (Fsp3) is 0.533. The standard InChI is InChI=1S/C13H19N3O2.C2H6.H2/c1-3-16(4-2)13(18)12(17)11(14)8-10-6-5-7-15-9-10;1-2;/h5-7,9,11H,3-4,8,14H2,1-2H3;1-2H3;1H. The molecule has 0 fully saturated rings. The summed E-state index contributed by atoms with van der Waals surface area (Å²) in [4.78, 5) is 29.1. The Kier molecular flexibility index (Phi) is 9.20. The SMILES string of the molecule is CC.CCN(CC)C(=O)C(=O)C(N)Cc1cccnc1.[HH]. The first kappa shape index (κ1) is 18.2. The molecular formula is C15H27N3O2. The Morgan fingerprint density at radius 3 is 2.40 bits per heavy atom. The third-order valence-electron chi connectivity index (χ3n) is 2.78. The third-order valence-corrected chi connectivity index (χ3v) is 2.78. The lowest BCUT2D eigenvalue weighted by atomic mass is 10.0. The van der Waals surface area contributed by atoms with Crippen molar-refractivity contribution in [3.8, 4) is 0 Å². The minimum Gasteiger partial charge on any atom is -0.337 e. The number of nitrogens with two attached hydrogens (primary N) is 1. The molecular weight excluding hydrogens is 254 g/mol. The number of aromatic nitrogens is 1. The van der Waals surface area contributed by atoms with E-state index in [1.54, 1.807) is 18.5 Å². The van der Waals surface area contributed by atoms with Gasteiger partial charge in [-0.05, 0) is 31.9 Å². The number of carbonyl (C=O) groups is 2.